The maximum absolute atomic E-state index is 12.3. The molecule has 1 aromatic carbocycles. The maximum atomic E-state index is 12.3. The largest absolute Gasteiger partial charge is 0.461 e. The Kier molecular flexibility index (Phi) is 7.50. The fraction of sp³-hybridized carbons (Fsp3) is 0.333. The predicted molar refractivity (Wildman–Crippen MR) is 102 cm³/mol. The second-order valence-electron chi connectivity index (χ2n) is 5.72. The molecule has 1 aromatic heterocycles. The van der Waals surface area contributed by atoms with Crippen LogP contribution in [0.5, 0.6) is 0 Å². The lowest BCUT2D eigenvalue weighted by atomic mass is 10.2. The quantitative estimate of drug-likeness (QED) is 0.761. The van der Waals surface area contributed by atoms with Gasteiger partial charge in [-0.15, -0.1) is 12.4 Å². The molecule has 1 aliphatic heterocycles. The van der Waals surface area contributed by atoms with Crippen LogP contribution in [-0.4, -0.2) is 42.1 Å². The van der Waals surface area contributed by atoms with Gasteiger partial charge in [0.15, 0.2) is 0 Å². The first-order valence-corrected chi connectivity index (χ1v) is 8.47. The maximum Gasteiger partial charge on any atom is 0.341 e. The number of ether oxygens (including phenoxy) is 1. The highest BCUT2D eigenvalue weighted by atomic mass is 35.5. The molecule has 3 rings (SSSR count). The predicted octanol–water partition coefficient (Wildman–Crippen LogP) is 4.15. The van der Waals surface area contributed by atoms with Gasteiger partial charge in [-0.25, -0.2) is 9.78 Å². The summed E-state index contributed by atoms with van der Waals surface area (Å²) < 4.78 is 5.41. The second-order valence-corrected chi connectivity index (χ2v) is 6.15. The highest BCUT2D eigenvalue weighted by Gasteiger charge is 2.16. The van der Waals surface area contributed by atoms with E-state index in [1.54, 1.807) is 30.5 Å². The van der Waals surface area contributed by atoms with Crippen LogP contribution in [0.3, 0.4) is 0 Å². The van der Waals surface area contributed by atoms with Crippen LogP contribution in [-0.2, 0) is 4.74 Å². The first kappa shape index (κ1) is 19.5. The number of nitrogens with one attached hydrogen (secondary N) is 1. The van der Waals surface area contributed by atoms with Crippen LogP contribution in [0.1, 0.15) is 23.2 Å². The molecular weight excluding hydrogens is 361 g/mol. The molecule has 0 amide bonds. The molecule has 1 fully saturated rings. The summed E-state index contributed by atoms with van der Waals surface area (Å²) in [5.41, 5.74) is 1.23. The van der Waals surface area contributed by atoms with Gasteiger partial charge in [-0.2, -0.15) is 0 Å². The van der Waals surface area contributed by atoms with Gasteiger partial charge in [0.25, 0.3) is 0 Å². The molecule has 1 saturated heterocycles. The molecule has 134 valence electrons. The number of carbonyl (C=O) groups is 1. The normalized spacial score (nSPS) is 14.0. The number of carbonyl (C=O) groups excluding carboxylic acids is 1. The number of likely N-dealkylation sites (tertiary alicyclic amines) is 1. The SMILES string of the molecule is Cl.O=C(OCCN1CCCC1)c1cccnc1Nc1ccc(Cl)cc1. The molecule has 0 saturated carbocycles. The minimum Gasteiger partial charge on any atom is -0.461 e. The summed E-state index contributed by atoms with van der Waals surface area (Å²) in [7, 11) is 0. The molecule has 25 heavy (non-hydrogen) atoms. The van der Waals surface area contributed by atoms with E-state index in [1.165, 1.54) is 12.8 Å². The molecule has 0 bridgehead atoms. The number of hydrogen-bond acceptors (Lipinski definition) is 5. The molecule has 0 atom stereocenters. The van der Waals surface area contributed by atoms with E-state index in [4.69, 9.17) is 16.3 Å². The summed E-state index contributed by atoms with van der Waals surface area (Å²) in [5.74, 6) is 0.116. The summed E-state index contributed by atoms with van der Waals surface area (Å²) in [4.78, 5) is 18.9. The van der Waals surface area contributed by atoms with E-state index in [-0.39, 0.29) is 18.4 Å². The Morgan fingerprint density at radius 1 is 1.20 bits per heavy atom. The number of halogens is 2. The third kappa shape index (κ3) is 5.59. The van der Waals surface area contributed by atoms with Crippen molar-refractivity contribution in [2.75, 3.05) is 31.6 Å². The summed E-state index contributed by atoms with van der Waals surface area (Å²) in [6, 6.07) is 10.7. The van der Waals surface area contributed by atoms with Gasteiger partial charge in [0.05, 0.1) is 0 Å². The van der Waals surface area contributed by atoms with Crippen molar-refractivity contribution >= 4 is 41.5 Å². The Morgan fingerprint density at radius 2 is 1.92 bits per heavy atom. The fourth-order valence-electron chi connectivity index (χ4n) is 2.69. The highest BCUT2D eigenvalue weighted by molar-refractivity contribution is 6.30. The van der Waals surface area contributed by atoms with Gasteiger partial charge < -0.3 is 10.1 Å². The number of hydrogen-bond donors (Lipinski definition) is 1. The monoisotopic (exact) mass is 381 g/mol. The Labute approximate surface area is 158 Å². The van der Waals surface area contributed by atoms with E-state index in [0.29, 0.717) is 23.0 Å². The van der Waals surface area contributed by atoms with Crippen LogP contribution in [0.2, 0.25) is 5.02 Å². The Morgan fingerprint density at radius 3 is 2.64 bits per heavy atom. The summed E-state index contributed by atoms with van der Waals surface area (Å²) >= 11 is 5.89. The van der Waals surface area contributed by atoms with Gasteiger partial charge in [0.1, 0.15) is 18.0 Å². The standard InChI is InChI=1S/C18H20ClN3O2.ClH/c19-14-5-7-15(8-6-14)21-17-16(4-3-9-20-17)18(23)24-13-12-22-10-1-2-11-22;/h3-9H,1-2,10-13H2,(H,20,21);1H. The van der Waals surface area contributed by atoms with Crippen molar-refractivity contribution in [2.24, 2.45) is 0 Å². The molecule has 2 aromatic rings. The lowest BCUT2D eigenvalue weighted by Gasteiger charge is -2.15. The zero-order valence-electron chi connectivity index (χ0n) is 13.8. The van der Waals surface area contributed by atoms with Crippen molar-refractivity contribution in [1.29, 1.82) is 0 Å². The molecule has 0 spiro atoms. The molecule has 1 aliphatic rings. The molecule has 0 unspecified atom stereocenters. The van der Waals surface area contributed by atoms with Crippen LogP contribution >= 0.6 is 24.0 Å². The van der Waals surface area contributed by atoms with Crippen LogP contribution < -0.4 is 5.32 Å². The Balaban J connectivity index is 0.00000225. The van der Waals surface area contributed by atoms with Crippen molar-refractivity contribution in [3.05, 3.63) is 53.2 Å². The molecule has 5 nitrogen and oxygen atoms in total. The van der Waals surface area contributed by atoms with Crippen LogP contribution in [0.15, 0.2) is 42.6 Å². The summed E-state index contributed by atoms with van der Waals surface area (Å²) in [5, 5.41) is 3.79. The van der Waals surface area contributed by atoms with Gasteiger partial charge in [0, 0.05) is 23.5 Å². The van der Waals surface area contributed by atoms with Gasteiger partial charge in [-0.3, -0.25) is 4.90 Å². The number of benzene rings is 1. The van der Waals surface area contributed by atoms with Crippen molar-refractivity contribution < 1.29 is 9.53 Å². The summed E-state index contributed by atoms with van der Waals surface area (Å²) in [6.07, 6.45) is 4.09. The van der Waals surface area contributed by atoms with Crippen molar-refractivity contribution in [1.82, 2.24) is 9.88 Å². The molecule has 0 aliphatic carbocycles. The number of pyridine rings is 1. The number of rotatable bonds is 6. The fourth-order valence-corrected chi connectivity index (χ4v) is 2.82. The third-order valence-corrected chi connectivity index (χ3v) is 4.23. The minimum atomic E-state index is -0.362. The molecular formula is C18H21Cl2N3O2. The van der Waals surface area contributed by atoms with Gasteiger partial charge in [-0.1, -0.05) is 11.6 Å². The average Bonchev–Trinajstić information content (AvgIpc) is 3.11. The molecule has 7 heteroatoms. The first-order valence-electron chi connectivity index (χ1n) is 8.09. The lowest BCUT2D eigenvalue weighted by Crippen LogP contribution is -2.25. The van der Waals surface area contributed by atoms with Gasteiger partial charge in [0.2, 0.25) is 0 Å². The molecule has 1 N–H and O–H groups in total. The van der Waals surface area contributed by atoms with Gasteiger partial charge in [-0.05, 0) is 62.3 Å². The zero-order valence-corrected chi connectivity index (χ0v) is 15.4. The van der Waals surface area contributed by atoms with E-state index in [0.717, 1.165) is 25.3 Å². The van der Waals surface area contributed by atoms with Gasteiger partial charge >= 0.3 is 5.97 Å². The Hall–Kier alpha value is -1.82. The lowest BCUT2D eigenvalue weighted by molar-refractivity contribution is 0.0473. The minimum absolute atomic E-state index is 0. The van der Waals surface area contributed by atoms with E-state index < -0.39 is 0 Å². The smallest absolute Gasteiger partial charge is 0.341 e. The number of aromatic nitrogens is 1. The van der Waals surface area contributed by atoms with Crippen LogP contribution in [0, 0.1) is 0 Å². The van der Waals surface area contributed by atoms with Crippen molar-refractivity contribution in [3.63, 3.8) is 0 Å². The topological polar surface area (TPSA) is 54.5 Å². The average molecular weight is 382 g/mol. The van der Waals surface area contributed by atoms with Crippen molar-refractivity contribution in [2.45, 2.75) is 12.8 Å². The zero-order chi connectivity index (χ0) is 16.8. The Bertz CT molecular complexity index is 689. The number of nitrogens with zero attached hydrogens (tertiary/aromatic N) is 2. The third-order valence-electron chi connectivity index (χ3n) is 3.97. The second kappa shape index (κ2) is 9.61. The number of anilines is 2. The van der Waals surface area contributed by atoms with E-state index in [2.05, 4.69) is 15.2 Å². The first-order chi connectivity index (χ1) is 11.7. The molecule has 0 radical (unpaired) electrons. The highest BCUT2D eigenvalue weighted by Crippen LogP contribution is 2.21. The summed E-state index contributed by atoms with van der Waals surface area (Å²) in [6.45, 7) is 3.36. The van der Waals surface area contributed by atoms with E-state index >= 15 is 0 Å². The van der Waals surface area contributed by atoms with E-state index in [9.17, 15) is 4.79 Å². The van der Waals surface area contributed by atoms with Crippen LogP contribution in [0.25, 0.3) is 0 Å². The van der Waals surface area contributed by atoms with Crippen LogP contribution in [0.4, 0.5) is 11.5 Å². The van der Waals surface area contributed by atoms with Crippen molar-refractivity contribution in [3.8, 4) is 0 Å². The van der Waals surface area contributed by atoms with E-state index in [1.807, 2.05) is 12.1 Å². The molecule has 2 heterocycles. The number of esters is 1.